The lowest BCUT2D eigenvalue weighted by molar-refractivity contribution is -0.892. The molecule has 1 amide bonds. The van der Waals surface area contributed by atoms with E-state index in [4.69, 9.17) is 4.74 Å². The summed E-state index contributed by atoms with van der Waals surface area (Å²) in [5, 5.41) is 3.15. The number of hydrogen-bond acceptors (Lipinski definition) is 3. The van der Waals surface area contributed by atoms with Crippen LogP contribution in [0.25, 0.3) is 0 Å². The zero-order chi connectivity index (χ0) is 20.5. The van der Waals surface area contributed by atoms with Crippen LogP contribution in [0.2, 0.25) is 0 Å². The number of benzene rings is 2. The molecule has 1 aliphatic rings. The van der Waals surface area contributed by atoms with E-state index < -0.39 is 0 Å². The Labute approximate surface area is 174 Å². The number of piperazine rings is 1. The zero-order valence-corrected chi connectivity index (χ0v) is 17.7. The van der Waals surface area contributed by atoms with Crippen LogP contribution in [0.4, 0.5) is 5.69 Å². The van der Waals surface area contributed by atoms with Gasteiger partial charge in [0.25, 0.3) is 5.91 Å². The summed E-state index contributed by atoms with van der Waals surface area (Å²) in [5.41, 5.74) is 2.45. The predicted molar refractivity (Wildman–Crippen MR) is 118 cm³/mol. The Kier molecular flexibility index (Phi) is 7.94. The summed E-state index contributed by atoms with van der Waals surface area (Å²) in [6.07, 6.45) is 1.02. The number of anilines is 1. The molecular formula is C24H34N3O2+. The lowest BCUT2D eigenvalue weighted by atomic mass is 9.96. The van der Waals surface area contributed by atoms with Gasteiger partial charge in [0.15, 0.2) is 6.54 Å². The van der Waals surface area contributed by atoms with E-state index in [1.165, 1.54) is 10.5 Å². The SMILES string of the molecule is CCOc1ccccc1N1CC[NH+](CC(=O)NC[C@@H](CC)c2ccccc2)CC1. The average Bonchev–Trinajstić information content (AvgIpc) is 2.76. The largest absolute Gasteiger partial charge is 0.492 e. The first-order valence-electron chi connectivity index (χ1n) is 10.8. The van der Waals surface area contributed by atoms with E-state index in [9.17, 15) is 4.79 Å². The molecule has 0 spiro atoms. The highest BCUT2D eigenvalue weighted by molar-refractivity contribution is 5.76. The molecule has 1 saturated heterocycles. The maximum atomic E-state index is 12.5. The number of nitrogens with zero attached hydrogens (tertiary/aromatic N) is 1. The highest BCUT2D eigenvalue weighted by Crippen LogP contribution is 2.27. The summed E-state index contributed by atoms with van der Waals surface area (Å²) in [7, 11) is 0. The van der Waals surface area contributed by atoms with Gasteiger partial charge in [-0.25, -0.2) is 0 Å². The highest BCUT2D eigenvalue weighted by Gasteiger charge is 2.24. The molecular weight excluding hydrogens is 362 g/mol. The normalized spacial score (nSPS) is 15.7. The van der Waals surface area contributed by atoms with Crippen LogP contribution in [0.1, 0.15) is 31.7 Å². The lowest BCUT2D eigenvalue weighted by Gasteiger charge is -2.34. The molecule has 5 nitrogen and oxygen atoms in total. The standard InChI is InChI=1S/C24H33N3O2/c1-3-20(21-10-6-5-7-11-21)18-25-24(28)19-26-14-16-27(17-15-26)22-12-8-9-13-23(22)29-4-2/h5-13,20H,3-4,14-19H2,1-2H3,(H,25,28)/p+1/t20-/m1/s1. The summed E-state index contributed by atoms with van der Waals surface area (Å²) in [6, 6.07) is 18.7. The Morgan fingerprint density at radius 2 is 1.76 bits per heavy atom. The highest BCUT2D eigenvalue weighted by atomic mass is 16.5. The maximum Gasteiger partial charge on any atom is 0.275 e. The quantitative estimate of drug-likeness (QED) is 0.682. The molecule has 1 atom stereocenters. The van der Waals surface area contributed by atoms with Gasteiger partial charge in [0.1, 0.15) is 5.75 Å². The van der Waals surface area contributed by atoms with Gasteiger partial charge >= 0.3 is 0 Å². The van der Waals surface area contributed by atoms with Crippen molar-refractivity contribution in [3.63, 3.8) is 0 Å². The van der Waals surface area contributed by atoms with Gasteiger partial charge in [-0.15, -0.1) is 0 Å². The van der Waals surface area contributed by atoms with Gasteiger partial charge in [0, 0.05) is 12.5 Å². The first-order valence-corrected chi connectivity index (χ1v) is 10.8. The minimum Gasteiger partial charge on any atom is -0.492 e. The molecule has 0 bridgehead atoms. The summed E-state index contributed by atoms with van der Waals surface area (Å²) < 4.78 is 5.77. The molecule has 5 heteroatoms. The smallest absolute Gasteiger partial charge is 0.275 e. The fraction of sp³-hybridized carbons (Fsp3) is 0.458. The number of hydrogen-bond donors (Lipinski definition) is 2. The van der Waals surface area contributed by atoms with Crippen molar-refractivity contribution < 1.29 is 14.4 Å². The van der Waals surface area contributed by atoms with Gasteiger partial charge in [0.05, 0.1) is 38.5 Å². The molecule has 1 fully saturated rings. The molecule has 156 valence electrons. The molecule has 1 heterocycles. The molecule has 0 saturated carbocycles. The fourth-order valence-electron chi connectivity index (χ4n) is 3.99. The summed E-state index contributed by atoms with van der Waals surface area (Å²) in [5.74, 6) is 1.47. The molecule has 3 rings (SSSR count). The third kappa shape index (κ3) is 5.97. The van der Waals surface area contributed by atoms with Gasteiger partial charge in [-0.3, -0.25) is 4.79 Å². The van der Waals surface area contributed by atoms with Crippen LogP contribution >= 0.6 is 0 Å². The third-order valence-electron chi connectivity index (χ3n) is 5.70. The molecule has 2 N–H and O–H groups in total. The van der Waals surface area contributed by atoms with Crippen LogP contribution in [0.3, 0.4) is 0 Å². The third-order valence-corrected chi connectivity index (χ3v) is 5.70. The van der Waals surface area contributed by atoms with E-state index in [1.807, 2.05) is 25.1 Å². The van der Waals surface area contributed by atoms with E-state index in [-0.39, 0.29) is 5.91 Å². The minimum atomic E-state index is 0.151. The zero-order valence-electron chi connectivity index (χ0n) is 17.7. The van der Waals surface area contributed by atoms with Crippen LogP contribution in [-0.4, -0.2) is 51.8 Å². The van der Waals surface area contributed by atoms with Gasteiger partial charge in [-0.05, 0) is 31.0 Å². The van der Waals surface area contributed by atoms with E-state index in [1.54, 1.807) is 0 Å². The number of ether oxygens (including phenoxy) is 1. The predicted octanol–water partition coefficient (Wildman–Crippen LogP) is 2.10. The number of amides is 1. The molecule has 2 aromatic carbocycles. The number of rotatable bonds is 9. The molecule has 0 aliphatic carbocycles. The summed E-state index contributed by atoms with van der Waals surface area (Å²) >= 11 is 0. The molecule has 29 heavy (non-hydrogen) atoms. The number of quaternary nitrogens is 1. The van der Waals surface area contributed by atoms with Gasteiger partial charge < -0.3 is 19.9 Å². The lowest BCUT2D eigenvalue weighted by Crippen LogP contribution is -3.16. The second kappa shape index (κ2) is 10.9. The van der Waals surface area contributed by atoms with Crippen LogP contribution in [0.5, 0.6) is 5.75 Å². The van der Waals surface area contributed by atoms with E-state index in [0.29, 0.717) is 25.6 Å². The van der Waals surface area contributed by atoms with Crippen molar-refractivity contribution in [1.82, 2.24) is 5.32 Å². The number of carbonyl (C=O) groups excluding carboxylic acids is 1. The Morgan fingerprint density at radius 1 is 1.07 bits per heavy atom. The Balaban J connectivity index is 1.45. The molecule has 1 aliphatic heterocycles. The Hall–Kier alpha value is -2.53. The Morgan fingerprint density at radius 3 is 2.45 bits per heavy atom. The second-order valence-electron chi connectivity index (χ2n) is 7.63. The van der Waals surface area contributed by atoms with Crippen molar-refractivity contribution in [3.05, 3.63) is 60.2 Å². The van der Waals surface area contributed by atoms with Crippen molar-refractivity contribution in [1.29, 1.82) is 0 Å². The fourth-order valence-corrected chi connectivity index (χ4v) is 3.99. The van der Waals surface area contributed by atoms with E-state index in [0.717, 1.165) is 44.0 Å². The molecule has 0 aromatic heterocycles. The van der Waals surface area contributed by atoms with Crippen LogP contribution in [0, 0.1) is 0 Å². The first kappa shape index (κ1) is 21.2. The van der Waals surface area contributed by atoms with Crippen molar-refractivity contribution in [2.75, 3.05) is 50.8 Å². The van der Waals surface area contributed by atoms with Crippen LogP contribution in [0.15, 0.2) is 54.6 Å². The average molecular weight is 397 g/mol. The number of nitrogens with one attached hydrogen (secondary N) is 2. The monoisotopic (exact) mass is 396 g/mol. The van der Waals surface area contributed by atoms with Crippen LogP contribution < -0.4 is 19.9 Å². The molecule has 0 unspecified atom stereocenters. The molecule has 0 radical (unpaired) electrons. The van der Waals surface area contributed by atoms with Crippen molar-refractivity contribution >= 4 is 11.6 Å². The maximum absolute atomic E-state index is 12.5. The Bertz CT molecular complexity index is 758. The van der Waals surface area contributed by atoms with Gasteiger partial charge in [-0.2, -0.15) is 0 Å². The topological polar surface area (TPSA) is 46.0 Å². The minimum absolute atomic E-state index is 0.151. The van der Waals surface area contributed by atoms with E-state index >= 15 is 0 Å². The summed E-state index contributed by atoms with van der Waals surface area (Å²) in [4.78, 5) is 16.2. The van der Waals surface area contributed by atoms with Crippen molar-refractivity contribution in [3.8, 4) is 5.75 Å². The number of para-hydroxylation sites is 2. The summed E-state index contributed by atoms with van der Waals surface area (Å²) in [6.45, 7) is 9.92. The van der Waals surface area contributed by atoms with Gasteiger partial charge in [-0.1, -0.05) is 49.4 Å². The van der Waals surface area contributed by atoms with Gasteiger partial charge in [0.2, 0.25) is 0 Å². The second-order valence-corrected chi connectivity index (χ2v) is 7.63. The molecule has 2 aromatic rings. The number of carbonyl (C=O) groups is 1. The first-order chi connectivity index (χ1) is 14.2. The van der Waals surface area contributed by atoms with Crippen LogP contribution in [-0.2, 0) is 4.79 Å². The van der Waals surface area contributed by atoms with Crippen molar-refractivity contribution in [2.24, 2.45) is 0 Å². The van der Waals surface area contributed by atoms with Crippen molar-refractivity contribution in [2.45, 2.75) is 26.2 Å². The van der Waals surface area contributed by atoms with E-state index in [2.05, 4.69) is 53.5 Å².